The van der Waals surface area contributed by atoms with Crippen molar-refractivity contribution in [2.75, 3.05) is 6.61 Å². The van der Waals surface area contributed by atoms with E-state index in [1.165, 1.54) is 19.3 Å². The van der Waals surface area contributed by atoms with Crippen LogP contribution < -0.4 is 4.74 Å². The summed E-state index contributed by atoms with van der Waals surface area (Å²) in [6.07, 6.45) is 6.12. The van der Waals surface area contributed by atoms with Crippen molar-refractivity contribution in [1.82, 2.24) is 0 Å². The Kier molecular flexibility index (Phi) is 3.14. The second-order valence-electron chi connectivity index (χ2n) is 5.08. The van der Waals surface area contributed by atoms with Gasteiger partial charge in [0.05, 0.1) is 12.2 Å². The van der Waals surface area contributed by atoms with Gasteiger partial charge in [0.25, 0.3) is 0 Å². The fourth-order valence-corrected chi connectivity index (χ4v) is 3.11. The molecule has 92 valence electrons. The zero-order valence-corrected chi connectivity index (χ0v) is 11.4. The van der Waals surface area contributed by atoms with Crippen molar-refractivity contribution in [3.8, 4) is 5.75 Å². The zero-order chi connectivity index (χ0) is 11.7. The number of halogens is 1. The standard InChI is InChI=1S/C14H17BrO2/c15-11-3-1-4-12(9-11)17-13-5-8-16-14(10-13)6-2-7-14/h1,3-4,9,13H,2,5-8,10H2. The molecule has 0 N–H and O–H groups in total. The maximum Gasteiger partial charge on any atom is 0.120 e. The third kappa shape index (κ3) is 2.50. The van der Waals surface area contributed by atoms with Gasteiger partial charge in [0, 0.05) is 17.3 Å². The van der Waals surface area contributed by atoms with E-state index >= 15 is 0 Å². The molecule has 3 rings (SSSR count). The number of hydrogen-bond donors (Lipinski definition) is 0. The van der Waals surface area contributed by atoms with Gasteiger partial charge in [-0.25, -0.2) is 0 Å². The second kappa shape index (κ2) is 4.62. The third-order valence-electron chi connectivity index (χ3n) is 3.81. The van der Waals surface area contributed by atoms with Crippen molar-refractivity contribution in [2.45, 2.75) is 43.8 Å². The maximum atomic E-state index is 6.06. The lowest BCUT2D eigenvalue weighted by Gasteiger charge is -2.46. The Bertz CT molecular complexity index is 401. The Hall–Kier alpha value is -0.540. The number of benzene rings is 1. The molecule has 2 nitrogen and oxygen atoms in total. The van der Waals surface area contributed by atoms with Gasteiger partial charge < -0.3 is 9.47 Å². The van der Waals surface area contributed by atoms with E-state index in [0.29, 0.717) is 6.10 Å². The van der Waals surface area contributed by atoms with Crippen molar-refractivity contribution in [2.24, 2.45) is 0 Å². The summed E-state index contributed by atoms with van der Waals surface area (Å²) in [6, 6.07) is 8.08. The number of rotatable bonds is 2. The number of ether oxygens (including phenoxy) is 2. The summed E-state index contributed by atoms with van der Waals surface area (Å²) in [6.45, 7) is 0.846. The molecule has 1 aromatic carbocycles. The molecule has 1 aliphatic heterocycles. The van der Waals surface area contributed by atoms with Gasteiger partial charge in [0.15, 0.2) is 0 Å². The molecular weight excluding hydrogens is 280 g/mol. The lowest BCUT2D eigenvalue weighted by Crippen LogP contribution is -2.48. The topological polar surface area (TPSA) is 18.5 Å². The lowest BCUT2D eigenvalue weighted by molar-refractivity contribution is -0.153. The molecule has 1 unspecified atom stereocenters. The Morgan fingerprint density at radius 3 is 2.94 bits per heavy atom. The largest absolute Gasteiger partial charge is 0.490 e. The Balaban J connectivity index is 1.65. The van der Waals surface area contributed by atoms with Gasteiger partial charge in [-0.1, -0.05) is 22.0 Å². The summed E-state index contributed by atoms with van der Waals surface area (Å²) in [7, 11) is 0. The van der Waals surface area contributed by atoms with Crippen molar-refractivity contribution < 1.29 is 9.47 Å². The molecule has 1 atom stereocenters. The average Bonchev–Trinajstić information content (AvgIpc) is 2.27. The molecule has 3 heteroatoms. The smallest absolute Gasteiger partial charge is 0.120 e. The molecular formula is C14H17BrO2. The van der Waals surface area contributed by atoms with Crippen LogP contribution in [0.4, 0.5) is 0 Å². The molecule has 1 aromatic rings. The van der Waals surface area contributed by atoms with Gasteiger partial charge in [-0.05, 0) is 37.5 Å². The first-order chi connectivity index (χ1) is 8.26. The quantitative estimate of drug-likeness (QED) is 0.823. The highest BCUT2D eigenvalue weighted by Crippen LogP contribution is 2.43. The van der Waals surface area contributed by atoms with Crippen molar-refractivity contribution in [1.29, 1.82) is 0 Å². The Labute approximate surface area is 110 Å². The summed E-state index contributed by atoms with van der Waals surface area (Å²) < 4.78 is 13.0. The van der Waals surface area contributed by atoms with Crippen LogP contribution in [0.5, 0.6) is 5.75 Å². The van der Waals surface area contributed by atoms with Gasteiger partial charge in [0.1, 0.15) is 11.9 Å². The predicted octanol–water partition coefficient (Wildman–Crippen LogP) is 3.93. The molecule has 17 heavy (non-hydrogen) atoms. The molecule has 0 amide bonds. The van der Waals surface area contributed by atoms with Crippen LogP contribution in [-0.4, -0.2) is 18.3 Å². The predicted molar refractivity (Wildman–Crippen MR) is 70.3 cm³/mol. The van der Waals surface area contributed by atoms with Crippen molar-refractivity contribution in [3.05, 3.63) is 28.7 Å². The van der Waals surface area contributed by atoms with Crippen LogP contribution in [0.15, 0.2) is 28.7 Å². The van der Waals surface area contributed by atoms with E-state index in [1.54, 1.807) is 0 Å². The molecule has 0 radical (unpaired) electrons. The minimum absolute atomic E-state index is 0.162. The lowest BCUT2D eigenvalue weighted by atomic mass is 9.74. The maximum absolute atomic E-state index is 6.06. The van der Waals surface area contributed by atoms with Gasteiger partial charge in [-0.15, -0.1) is 0 Å². The normalized spacial score (nSPS) is 26.5. The van der Waals surface area contributed by atoms with Gasteiger partial charge in [-0.2, -0.15) is 0 Å². The van der Waals surface area contributed by atoms with Gasteiger partial charge >= 0.3 is 0 Å². The first-order valence-electron chi connectivity index (χ1n) is 6.32. The van der Waals surface area contributed by atoms with Crippen LogP contribution in [0.1, 0.15) is 32.1 Å². The summed E-state index contributed by atoms with van der Waals surface area (Å²) in [4.78, 5) is 0. The third-order valence-corrected chi connectivity index (χ3v) is 4.30. The monoisotopic (exact) mass is 296 g/mol. The van der Waals surface area contributed by atoms with Crippen molar-refractivity contribution >= 4 is 15.9 Å². The van der Waals surface area contributed by atoms with E-state index in [-0.39, 0.29) is 5.60 Å². The van der Waals surface area contributed by atoms with Crippen molar-refractivity contribution in [3.63, 3.8) is 0 Å². The van der Waals surface area contributed by atoms with Gasteiger partial charge in [-0.3, -0.25) is 0 Å². The van der Waals surface area contributed by atoms with Crippen LogP contribution in [0.25, 0.3) is 0 Å². The van der Waals surface area contributed by atoms with E-state index in [4.69, 9.17) is 9.47 Å². The molecule has 1 spiro atoms. The fourth-order valence-electron chi connectivity index (χ4n) is 2.74. The Morgan fingerprint density at radius 2 is 2.24 bits per heavy atom. The average molecular weight is 297 g/mol. The van der Waals surface area contributed by atoms with Crippen LogP contribution in [0.3, 0.4) is 0 Å². The SMILES string of the molecule is Brc1cccc(OC2CCOC3(CCC3)C2)c1. The van der Waals surface area contributed by atoms with E-state index in [0.717, 1.165) is 29.7 Å². The molecule has 2 fully saturated rings. The number of hydrogen-bond acceptors (Lipinski definition) is 2. The highest BCUT2D eigenvalue weighted by molar-refractivity contribution is 9.10. The summed E-state index contributed by atoms with van der Waals surface area (Å²) >= 11 is 3.47. The first kappa shape index (κ1) is 11.5. The van der Waals surface area contributed by atoms with E-state index in [9.17, 15) is 0 Å². The summed E-state index contributed by atoms with van der Waals surface area (Å²) in [5.74, 6) is 0.959. The minimum Gasteiger partial charge on any atom is -0.490 e. The van der Waals surface area contributed by atoms with E-state index < -0.39 is 0 Å². The van der Waals surface area contributed by atoms with Crippen LogP contribution in [0.2, 0.25) is 0 Å². The summed E-state index contributed by atoms with van der Waals surface area (Å²) in [5, 5.41) is 0. The van der Waals surface area contributed by atoms with E-state index in [2.05, 4.69) is 15.9 Å². The summed E-state index contributed by atoms with van der Waals surface area (Å²) in [5.41, 5.74) is 0.162. The van der Waals surface area contributed by atoms with Crippen LogP contribution in [-0.2, 0) is 4.74 Å². The molecule has 0 aromatic heterocycles. The van der Waals surface area contributed by atoms with Gasteiger partial charge in [0.2, 0.25) is 0 Å². The minimum atomic E-state index is 0.162. The highest BCUT2D eigenvalue weighted by atomic mass is 79.9. The molecule has 1 saturated heterocycles. The molecule has 1 saturated carbocycles. The van der Waals surface area contributed by atoms with Crippen LogP contribution >= 0.6 is 15.9 Å². The molecule has 1 aliphatic carbocycles. The fraction of sp³-hybridized carbons (Fsp3) is 0.571. The highest BCUT2D eigenvalue weighted by Gasteiger charge is 2.43. The molecule has 0 bridgehead atoms. The zero-order valence-electron chi connectivity index (χ0n) is 9.82. The van der Waals surface area contributed by atoms with E-state index in [1.807, 2.05) is 24.3 Å². The first-order valence-corrected chi connectivity index (χ1v) is 7.11. The Morgan fingerprint density at radius 1 is 1.35 bits per heavy atom. The van der Waals surface area contributed by atoms with Crippen LogP contribution in [0, 0.1) is 0 Å². The molecule has 2 aliphatic rings. The second-order valence-corrected chi connectivity index (χ2v) is 5.99. The molecule has 1 heterocycles.